The van der Waals surface area contributed by atoms with Crippen molar-refractivity contribution in [2.75, 3.05) is 6.54 Å². The second-order valence-electron chi connectivity index (χ2n) is 7.30. The number of hydrogen-bond donors (Lipinski definition) is 2. The predicted molar refractivity (Wildman–Crippen MR) is 107 cm³/mol. The van der Waals surface area contributed by atoms with Gasteiger partial charge in [-0.1, -0.05) is 52.0 Å². The number of rotatable bonds is 5. The van der Waals surface area contributed by atoms with Crippen LogP contribution in [-0.4, -0.2) is 26.1 Å². The van der Waals surface area contributed by atoms with Gasteiger partial charge in [0.2, 0.25) is 0 Å². The largest absolute Gasteiger partial charge is 0.311 e. The van der Waals surface area contributed by atoms with E-state index in [9.17, 15) is 4.79 Å². The highest BCUT2D eigenvalue weighted by atomic mass is 35.5. The Morgan fingerprint density at radius 3 is 2.46 bits per heavy atom. The number of nitrogens with one attached hydrogen (secondary N) is 2. The Balaban J connectivity index is 0.00000243. The second-order valence-corrected chi connectivity index (χ2v) is 7.30. The molecule has 0 saturated heterocycles. The summed E-state index contributed by atoms with van der Waals surface area (Å²) in [5.41, 5.74) is 2.85. The van der Waals surface area contributed by atoms with Crippen molar-refractivity contribution in [1.29, 1.82) is 0 Å². The standard InChI is InChI=1S/C19H25N5O.ClH/c1-5-10-20-12-15-11-16(25)24-18(21-15)22-17(23-24)13-6-8-14(9-7-13)19(2,3)4;/h6-9,11,20H,5,10,12H2,1-4H3,(H,21,22,23);1H. The van der Waals surface area contributed by atoms with Crippen LogP contribution in [0.4, 0.5) is 0 Å². The summed E-state index contributed by atoms with van der Waals surface area (Å²) in [4.78, 5) is 21.2. The number of hydrogen-bond acceptors (Lipinski definition) is 4. The van der Waals surface area contributed by atoms with Gasteiger partial charge in [0.1, 0.15) is 0 Å². The van der Waals surface area contributed by atoms with Crippen LogP contribution >= 0.6 is 12.4 Å². The van der Waals surface area contributed by atoms with Crippen LogP contribution in [0.25, 0.3) is 17.2 Å². The van der Waals surface area contributed by atoms with E-state index in [0.29, 0.717) is 23.8 Å². The van der Waals surface area contributed by atoms with E-state index in [2.05, 4.69) is 60.2 Å². The molecule has 0 unspecified atom stereocenters. The summed E-state index contributed by atoms with van der Waals surface area (Å²) in [6, 6.07) is 9.78. The first-order valence-electron chi connectivity index (χ1n) is 8.69. The first-order valence-corrected chi connectivity index (χ1v) is 8.69. The van der Waals surface area contributed by atoms with Gasteiger partial charge >= 0.3 is 0 Å². The molecule has 0 aliphatic heterocycles. The van der Waals surface area contributed by atoms with Crippen LogP contribution in [-0.2, 0) is 12.0 Å². The van der Waals surface area contributed by atoms with E-state index in [0.717, 1.165) is 18.5 Å². The van der Waals surface area contributed by atoms with Crippen LogP contribution in [0.2, 0.25) is 0 Å². The Bertz CT molecular complexity index is 922. The van der Waals surface area contributed by atoms with Gasteiger partial charge in [-0.3, -0.25) is 9.89 Å². The molecule has 2 aromatic heterocycles. The zero-order valence-electron chi connectivity index (χ0n) is 15.7. The molecule has 0 fully saturated rings. The Hall–Kier alpha value is -2.18. The molecule has 0 radical (unpaired) electrons. The quantitative estimate of drug-likeness (QED) is 0.671. The van der Waals surface area contributed by atoms with E-state index in [1.807, 2.05) is 12.1 Å². The van der Waals surface area contributed by atoms with E-state index in [-0.39, 0.29) is 23.4 Å². The molecule has 0 saturated carbocycles. The highest BCUT2D eigenvalue weighted by Crippen LogP contribution is 2.24. The van der Waals surface area contributed by atoms with Crippen molar-refractivity contribution in [3.05, 3.63) is 51.9 Å². The van der Waals surface area contributed by atoms with Gasteiger partial charge in [-0.15, -0.1) is 12.4 Å². The van der Waals surface area contributed by atoms with Gasteiger partial charge in [-0.05, 0) is 23.9 Å². The van der Waals surface area contributed by atoms with E-state index in [1.54, 1.807) is 6.07 Å². The summed E-state index contributed by atoms with van der Waals surface area (Å²) >= 11 is 0. The molecule has 0 spiro atoms. The van der Waals surface area contributed by atoms with Gasteiger partial charge < -0.3 is 5.32 Å². The number of halogens is 1. The van der Waals surface area contributed by atoms with E-state index in [4.69, 9.17) is 0 Å². The minimum Gasteiger partial charge on any atom is -0.311 e. The normalized spacial score (nSPS) is 11.5. The van der Waals surface area contributed by atoms with Crippen LogP contribution in [0.15, 0.2) is 35.1 Å². The third-order valence-corrected chi connectivity index (χ3v) is 4.14. The van der Waals surface area contributed by atoms with Crippen molar-refractivity contribution in [2.24, 2.45) is 0 Å². The van der Waals surface area contributed by atoms with Crippen molar-refractivity contribution in [3.63, 3.8) is 0 Å². The van der Waals surface area contributed by atoms with Crippen LogP contribution in [0.5, 0.6) is 0 Å². The molecule has 7 heteroatoms. The molecule has 0 atom stereocenters. The summed E-state index contributed by atoms with van der Waals surface area (Å²) in [7, 11) is 0. The topological polar surface area (TPSA) is 75.1 Å². The minimum atomic E-state index is -0.150. The molecule has 3 rings (SSSR count). The van der Waals surface area contributed by atoms with Crippen molar-refractivity contribution in [2.45, 2.75) is 46.1 Å². The Kier molecular flexibility index (Phi) is 6.21. The van der Waals surface area contributed by atoms with Gasteiger partial charge in [-0.2, -0.15) is 9.50 Å². The smallest absolute Gasteiger partial charge is 0.274 e. The molecule has 140 valence electrons. The predicted octanol–water partition coefficient (Wildman–Crippen LogP) is 3.30. The minimum absolute atomic E-state index is 0. The number of benzene rings is 1. The Morgan fingerprint density at radius 2 is 1.85 bits per heavy atom. The molecule has 0 aliphatic carbocycles. The lowest BCUT2D eigenvalue weighted by molar-refractivity contribution is 0.590. The number of nitrogens with zero attached hydrogens (tertiary/aromatic N) is 3. The fraction of sp³-hybridized carbons (Fsp3) is 0.421. The van der Waals surface area contributed by atoms with Crippen LogP contribution < -0.4 is 10.9 Å². The molecule has 3 aromatic rings. The molecule has 6 nitrogen and oxygen atoms in total. The average Bonchev–Trinajstić information content (AvgIpc) is 2.99. The molecule has 1 aromatic carbocycles. The highest BCUT2D eigenvalue weighted by molar-refractivity contribution is 5.85. The zero-order chi connectivity index (χ0) is 18.0. The molecule has 2 heterocycles. The summed E-state index contributed by atoms with van der Waals surface area (Å²) in [6.07, 6.45) is 1.04. The maximum atomic E-state index is 12.3. The van der Waals surface area contributed by atoms with E-state index in [1.165, 1.54) is 10.1 Å². The summed E-state index contributed by atoms with van der Waals surface area (Å²) < 4.78 is 1.39. The van der Waals surface area contributed by atoms with Crippen LogP contribution in [0.1, 0.15) is 45.4 Å². The second kappa shape index (κ2) is 8.01. The molecule has 0 amide bonds. The number of aromatic nitrogens is 4. The fourth-order valence-corrected chi connectivity index (χ4v) is 2.67. The van der Waals surface area contributed by atoms with Gasteiger partial charge in [0, 0.05) is 18.2 Å². The summed E-state index contributed by atoms with van der Waals surface area (Å²) in [5, 5.41) is 6.30. The highest BCUT2D eigenvalue weighted by Gasteiger charge is 2.14. The first kappa shape index (κ1) is 20.1. The van der Waals surface area contributed by atoms with E-state index >= 15 is 0 Å². The lowest BCUT2D eigenvalue weighted by Gasteiger charge is -2.18. The number of aromatic amines is 1. The van der Waals surface area contributed by atoms with Gasteiger partial charge in [0.15, 0.2) is 5.82 Å². The summed E-state index contributed by atoms with van der Waals surface area (Å²) in [6.45, 7) is 10.1. The number of fused-ring (bicyclic) bond motifs is 1. The maximum Gasteiger partial charge on any atom is 0.274 e. The third-order valence-electron chi connectivity index (χ3n) is 4.14. The molecule has 0 aliphatic rings. The van der Waals surface area contributed by atoms with Crippen LogP contribution in [0, 0.1) is 0 Å². The molecule has 0 bridgehead atoms. The van der Waals surface area contributed by atoms with Gasteiger partial charge in [0.05, 0.1) is 5.69 Å². The fourth-order valence-electron chi connectivity index (χ4n) is 2.67. The first-order chi connectivity index (χ1) is 11.9. The lowest BCUT2D eigenvalue weighted by Crippen LogP contribution is -2.20. The van der Waals surface area contributed by atoms with Crippen molar-refractivity contribution in [3.8, 4) is 11.4 Å². The summed E-state index contributed by atoms with van der Waals surface area (Å²) in [5.74, 6) is 1.04. The van der Waals surface area contributed by atoms with Crippen LogP contribution in [0.3, 0.4) is 0 Å². The average molecular weight is 376 g/mol. The third kappa shape index (κ3) is 4.31. The Labute approximate surface area is 159 Å². The molecule has 2 N–H and O–H groups in total. The van der Waals surface area contributed by atoms with Crippen molar-refractivity contribution >= 4 is 18.2 Å². The molecular formula is C19H26ClN5O. The van der Waals surface area contributed by atoms with Crippen molar-refractivity contribution in [1.82, 2.24) is 24.9 Å². The SMILES string of the molecule is CCCNCc1cc(=O)n2[nH]c(-c3ccc(C(C)(C)C)cc3)nc2n1.Cl. The Morgan fingerprint density at radius 1 is 1.15 bits per heavy atom. The van der Waals surface area contributed by atoms with E-state index < -0.39 is 0 Å². The zero-order valence-corrected chi connectivity index (χ0v) is 16.5. The van der Waals surface area contributed by atoms with Gasteiger partial charge in [-0.25, -0.2) is 4.98 Å². The van der Waals surface area contributed by atoms with Crippen molar-refractivity contribution < 1.29 is 0 Å². The monoisotopic (exact) mass is 375 g/mol. The lowest BCUT2D eigenvalue weighted by atomic mass is 9.87. The molecular weight excluding hydrogens is 350 g/mol. The van der Waals surface area contributed by atoms with Gasteiger partial charge in [0.25, 0.3) is 11.3 Å². The number of H-pyrrole nitrogens is 1. The molecule has 26 heavy (non-hydrogen) atoms. The maximum absolute atomic E-state index is 12.3.